The van der Waals surface area contributed by atoms with Gasteiger partial charge in [0.25, 0.3) is 0 Å². The Kier molecular flexibility index (Phi) is 4.35. The van der Waals surface area contributed by atoms with Crippen LogP contribution in [0.1, 0.15) is 64.2 Å². The van der Waals surface area contributed by atoms with Crippen LogP contribution in [0.2, 0.25) is 0 Å². The molecule has 4 heterocycles. The summed E-state index contributed by atoms with van der Waals surface area (Å²) in [5, 5.41) is 0. The fourth-order valence-electron chi connectivity index (χ4n) is 6.25. The Bertz CT molecular complexity index is 505. The zero-order valence-electron chi connectivity index (χ0n) is 16.4. The molecule has 0 bridgehead atoms. The predicted molar refractivity (Wildman–Crippen MR) is 98.7 cm³/mol. The Morgan fingerprint density at radius 1 is 0.630 bits per heavy atom. The summed E-state index contributed by atoms with van der Waals surface area (Å²) in [4.78, 5) is 0. The van der Waals surface area contributed by atoms with Crippen LogP contribution in [0, 0.1) is 11.8 Å². The summed E-state index contributed by atoms with van der Waals surface area (Å²) in [5.74, 6) is 1.53. The Balaban J connectivity index is 1.17. The lowest BCUT2D eigenvalue weighted by molar-refractivity contribution is -0.165. The van der Waals surface area contributed by atoms with Crippen molar-refractivity contribution in [2.75, 3.05) is 26.4 Å². The first-order valence-electron chi connectivity index (χ1n) is 11.3. The average Bonchev–Trinajstić information content (AvgIpc) is 3.44. The maximum Gasteiger partial charge on any atom is 0.0837 e. The van der Waals surface area contributed by atoms with Gasteiger partial charge in [-0.1, -0.05) is 0 Å². The van der Waals surface area contributed by atoms with Crippen molar-refractivity contribution in [1.82, 2.24) is 0 Å². The Hall–Kier alpha value is -0.200. The standard InChI is InChI=1S/C22H34O5/c1-3-21(9-19-13-25-19,7-15(1)5-17-11-23-17)27-22(10-20-14-26-20)4-2-16(8-22)6-18-12-24-18/h15-20H,1-14H2. The molecule has 27 heavy (non-hydrogen) atoms. The molecule has 4 saturated heterocycles. The first-order valence-corrected chi connectivity index (χ1v) is 11.3. The quantitative estimate of drug-likeness (QED) is 0.546. The smallest absolute Gasteiger partial charge is 0.0837 e. The Morgan fingerprint density at radius 2 is 1.04 bits per heavy atom. The summed E-state index contributed by atoms with van der Waals surface area (Å²) in [7, 11) is 0. The van der Waals surface area contributed by atoms with E-state index in [1.54, 1.807) is 0 Å². The minimum atomic E-state index is 0.0284. The summed E-state index contributed by atoms with van der Waals surface area (Å²) < 4.78 is 29.6. The van der Waals surface area contributed by atoms with Gasteiger partial charge in [0.15, 0.2) is 0 Å². The minimum absolute atomic E-state index is 0.0284. The highest BCUT2D eigenvalue weighted by atomic mass is 16.6. The largest absolute Gasteiger partial charge is 0.373 e. The molecule has 152 valence electrons. The van der Waals surface area contributed by atoms with Crippen LogP contribution >= 0.6 is 0 Å². The second-order valence-electron chi connectivity index (χ2n) is 10.4. The molecule has 0 radical (unpaired) electrons. The highest BCUT2D eigenvalue weighted by Crippen LogP contribution is 2.53. The van der Waals surface area contributed by atoms with Crippen LogP contribution in [-0.4, -0.2) is 62.0 Å². The van der Waals surface area contributed by atoms with E-state index in [2.05, 4.69) is 0 Å². The van der Waals surface area contributed by atoms with Gasteiger partial charge < -0.3 is 23.7 Å². The van der Waals surface area contributed by atoms with Gasteiger partial charge in [-0.25, -0.2) is 0 Å². The number of epoxide rings is 4. The number of hydrogen-bond donors (Lipinski definition) is 0. The molecule has 2 aliphatic carbocycles. The van der Waals surface area contributed by atoms with Crippen molar-refractivity contribution in [3.05, 3.63) is 0 Å². The monoisotopic (exact) mass is 378 g/mol. The van der Waals surface area contributed by atoms with E-state index in [-0.39, 0.29) is 11.2 Å². The molecule has 6 rings (SSSR count). The Labute approximate surface area is 162 Å². The second-order valence-corrected chi connectivity index (χ2v) is 10.4. The molecule has 8 unspecified atom stereocenters. The lowest BCUT2D eigenvalue weighted by Gasteiger charge is -2.41. The van der Waals surface area contributed by atoms with Gasteiger partial charge in [0, 0.05) is 12.8 Å². The maximum atomic E-state index is 7.27. The molecule has 2 saturated carbocycles. The molecule has 4 aliphatic heterocycles. The van der Waals surface area contributed by atoms with Gasteiger partial charge in [-0.2, -0.15) is 0 Å². The van der Waals surface area contributed by atoms with Crippen molar-refractivity contribution in [3.63, 3.8) is 0 Å². The fourth-order valence-corrected chi connectivity index (χ4v) is 6.25. The lowest BCUT2D eigenvalue weighted by Crippen LogP contribution is -2.44. The van der Waals surface area contributed by atoms with E-state index in [9.17, 15) is 0 Å². The molecule has 6 fully saturated rings. The van der Waals surface area contributed by atoms with E-state index in [0.717, 1.165) is 51.1 Å². The van der Waals surface area contributed by atoms with Crippen LogP contribution in [-0.2, 0) is 23.7 Å². The van der Waals surface area contributed by atoms with Gasteiger partial charge in [-0.05, 0) is 63.2 Å². The molecular formula is C22H34O5. The molecule has 0 N–H and O–H groups in total. The van der Waals surface area contributed by atoms with Crippen LogP contribution < -0.4 is 0 Å². The molecule has 6 aliphatic rings. The van der Waals surface area contributed by atoms with Crippen molar-refractivity contribution in [1.29, 1.82) is 0 Å². The van der Waals surface area contributed by atoms with Gasteiger partial charge in [0.2, 0.25) is 0 Å². The highest BCUT2D eigenvalue weighted by molar-refractivity contribution is 5.03. The van der Waals surface area contributed by atoms with E-state index in [1.165, 1.54) is 51.4 Å². The number of rotatable bonds is 10. The molecule has 0 aromatic carbocycles. The fraction of sp³-hybridized carbons (Fsp3) is 1.00. The predicted octanol–water partition coefficient (Wildman–Crippen LogP) is 3.24. The lowest BCUT2D eigenvalue weighted by atomic mass is 9.88. The van der Waals surface area contributed by atoms with Crippen molar-refractivity contribution < 1.29 is 23.7 Å². The van der Waals surface area contributed by atoms with Gasteiger partial charge in [-0.3, -0.25) is 0 Å². The van der Waals surface area contributed by atoms with Crippen molar-refractivity contribution in [3.8, 4) is 0 Å². The van der Waals surface area contributed by atoms with E-state index in [1.807, 2.05) is 0 Å². The van der Waals surface area contributed by atoms with Crippen molar-refractivity contribution in [2.45, 2.75) is 99.8 Å². The molecule has 0 aromatic rings. The zero-order chi connectivity index (χ0) is 17.9. The SMILES string of the molecule is C1CC(CC2CO2)(OC2(CC3CO3)CCC(CC3CO3)C2)CC1CC1CO1. The normalized spacial score (nSPS) is 52.9. The van der Waals surface area contributed by atoms with Gasteiger partial charge in [0.1, 0.15) is 0 Å². The topological polar surface area (TPSA) is 59.4 Å². The first kappa shape index (κ1) is 17.6. The molecule has 0 aromatic heterocycles. The third kappa shape index (κ3) is 4.37. The molecule has 5 heteroatoms. The third-order valence-electron chi connectivity index (χ3n) is 7.77. The Morgan fingerprint density at radius 3 is 1.41 bits per heavy atom. The molecule has 8 atom stereocenters. The molecular weight excluding hydrogens is 344 g/mol. The van der Waals surface area contributed by atoms with Gasteiger partial charge >= 0.3 is 0 Å². The summed E-state index contributed by atoms with van der Waals surface area (Å²) in [6, 6.07) is 0. The van der Waals surface area contributed by atoms with Crippen molar-refractivity contribution >= 4 is 0 Å². The van der Waals surface area contributed by atoms with E-state index in [4.69, 9.17) is 23.7 Å². The third-order valence-corrected chi connectivity index (χ3v) is 7.77. The first-order chi connectivity index (χ1) is 13.2. The van der Waals surface area contributed by atoms with E-state index < -0.39 is 0 Å². The van der Waals surface area contributed by atoms with Crippen LogP contribution in [0.5, 0.6) is 0 Å². The molecule has 0 spiro atoms. The highest BCUT2D eigenvalue weighted by Gasteiger charge is 2.53. The maximum absolute atomic E-state index is 7.27. The summed E-state index contributed by atoms with van der Waals surface area (Å²) in [6.07, 6.45) is 14.0. The van der Waals surface area contributed by atoms with Gasteiger partial charge in [0.05, 0.1) is 62.0 Å². The summed E-state index contributed by atoms with van der Waals surface area (Å²) in [6.45, 7) is 3.82. The van der Waals surface area contributed by atoms with Crippen LogP contribution in [0.3, 0.4) is 0 Å². The van der Waals surface area contributed by atoms with E-state index >= 15 is 0 Å². The van der Waals surface area contributed by atoms with Crippen LogP contribution in [0.15, 0.2) is 0 Å². The zero-order valence-corrected chi connectivity index (χ0v) is 16.4. The van der Waals surface area contributed by atoms with Gasteiger partial charge in [-0.15, -0.1) is 0 Å². The van der Waals surface area contributed by atoms with E-state index in [0.29, 0.717) is 24.4 Å². The minimum Gasteiger partial charge on any atom is -0.373 e. The summed E-state index contributed by atoms with van der Waals surface area (Å²) >= 11 is 0. The van der Waals surface area contributed by atoms with Crippen molar-refractivity contribution in [2.24, 2.45) is 11.8 Å². The summed E-state index contributed by atoms with van der Waals surface area (Å²) in [5.41, 5.74) is 0.0567. The second kappa shape index (κ2) is 6.66. The average molecular weight is 379 g/mol. The molecule has 5 nitrogen and oxygen atoms in total. The number of ether oxygens (including phenoxy) is 5. The number of hydrogen-bond acceptors (Lipinski definition) is 5. The van der Waals surface area contributed by atoms with Crippen LogP contribution in [0.4, 0.5) is 0 Å². The molecule has 0 amide bonds. The van der Waals surface area contributed by atoms with Crippen LogP contribution in [0.25, 0.3) is 0 Å².